The predicted molar refractivity (Wildman–Crippen MR) is 98.2 cm³/mol. The van der Waals surface area contributed by atoms with Crippen LogP contribution in [0.15, 0.2) is 30.3 Å². The minimum absolute atomic E-state index is 0.218. The molecule has 1 aliphatic heterocycles. The molecule has 25 heavy (non-hydrogen) atoms. The van der Waals surface area contributed by atoms with E-state index < -0.39 is 5.60 Å². The van der Waals surface area contributed by atoms with Crippen LogP contribution in [0.3, 0.4) is 0 Å². The van der Waals surface area contributed by atoms with Crippen molar-refractivity contribution in [3.63, 3.8) is 0 Å². The largest absolute Gasteiger partial charge is 0.444 e. The highest BCUT2D eigenvalue weighted by atomic mass is 16.6. The van der Waals surface area contributed by atoms with Gasteiger partial charge in [0.25, 0.3) is 0 Å². The van der Waals surface area contributed by atoms with Gasteiger partial charge >= 0.3 is 6.09 Å². The van der Waals surface area contributed by atoms with Gasteiger partial charge in [-0.2, -0.15) is 0 Å². The number of piperidine rings is 1. The van der Waals surface area contributed by atoms with Crippen LogP contribution >= 0.6 is 0 Å². The zero-order chi connectivity index (χ0) is 18.0. The van der Waals surface area contributed by atoms with Crippen molar-refractivity contribution in [2.75, 3.05) is 13.1 Å². The number of nitrogens with zero attached hydrogens (tertiary/aromatic N) is 1. The van der Waals surface area contributed by atoms with Crippen LogP contribution in [0.25, 0.3) is 5.57 Å². The molecule has 1 unspecified atom stereocenters. The summed E-state index contributed by atoms with van der Waals surface area (Å²) in [6.07, 6.45) is 5.78. The molecule has 1 aromatic carbocycles. The number of ether oxygens (including phenoxy) is 1. The van der Waals surface area contributed by atoms with E-state index in [9.17, 15) is 9.59 Å². The number of fused-ring (bicyclic) bond motifs is 1. The fraction of sp³-hybridized carbons (Fsp3) is 0.524. The lowest BCUT2D eigenvalue weighted by molar-refractivity contribution is -0.103. The van der Waals surface area contributed by atoms with Gasteiger partial charge in [-0.15, -0.1) is 0 Å². The standard InChI is InChI=1S/C21H27NO3/c1-21(2,3)25-20(24)22-10-8-15(9-11-22)17-12-16-6-4-5-7-19(16)18(13-17)14-23/h4-7,13-15,17H,8-12H2,1-3H3. The van der Waals surface area contributed by atoms with Gasteiger partial charge < -0.3 is 9.64 Å². The van der Waals surface area contributed by atoms with Gasteiger partial charge in [-0.05, 0) is 63.0 Å². The molecule has 3 rings (SSSR count). The molecule has 1 heterocycles. The number of allylic oxidation sites excluding steroid dienone is 2. The van der Waals surface area contributed by atoms with Crippen LogP contribution in [0.1, 0.15) is 44.7 Å². The van der Waals surface area contributed by atoms with Gasteiger partial charge in [-0.3, -0.25) is 4.79 Å². The Kier molecular flexibility index (Phi) is 4.98. The molecule has 0 bridgehead atoms. The molecule has 1 aromatic rings. The number of rotatable bonds is 2. The van der Waals surface area contributed by atoms with Crippen LogP contribution in [-0.2, 0) is 16.0 Å². The van der Waals surface area contributed by atoms with E-state index in [1.807, 2.05) is 43.9 Å². The zero-order valence-electron chi connectivity index (χ0n) is 15.3. The number of hydrogen-bond donors (Lipinski definition) is 0. The Morgan fingerprint density at radius 3 is 2.52 bits per heavy atom. The van der Waals surface area contributed by atoms with Crippen molar-refractivity contribution in [2.24, 2.45) is 11.8 Å². The topological polar surface area (TPSA) is 46.6 Å². The highest BCUT2D eigenvalue weighted by Gasteiger charge is 2.32. The summed E-state index contributed by atoms with van der Waals surface area (Å²) in [6.45, 7) is 7.12. The molecule has 0 N–H and O–H groups in total. The van der Waals surface area contributed by atoms with Gasteiger partial charge in [-0.25, -0.2) is 4.79 Å². The molecule has 1 fully saturated rings. The Morgan fingerprint density at radius 2 is 1.88 bits per heavy atom. The first-order chi connectivity index (χ1) is 11.9. The average Bonchev–Trinajstić information content (AvgIpc) is 2.59. The molecule has 1 atom stereocenters. The lowest BCUT2D eigenvalue weighted by atomic mass is 9.75. The summed E-state index contributed by atoms with van der Waals surface area (Å²) in [4.78, 5) is 25.5. The maximum Gasteiger partial charge on any atom is 0.410 e. The molecule has 4 nitrogen and oxygen atoms in total. The summed E-state index contributed by atoms with van der Waals surface area (Å²) in [7, 11) is 0. The quantitative estimate of drug-likeness (QED) is 0.761. The number of likely N-dealkylation sites (tertiary alicyclic amines) is 1. The minimum atomic E-state index is -0.456. The summed E-state index contributed by atoms with van der Waals surface area (Å²) in [5.74, 6) is 0.873. The number of carbonyl (C=O) groups excluding carboxylic acids is 2. The lowest BCUT2D eigenvalue weighted by Gasteiger charge is -2.37. The third-order valence-corrected chi connectivity index (χ3v) is 5.10. The van der Waals surface area contributed by atoms with Gasteiger partial charge in [0.1, 0.15) is 11.9 Å². The number of hydrogen-bond acceptors (Lipinski definition) is 3. The second-order valence-corrected chi connectivity index (χ2v) is 8.07. The fourth-order valence-electron chi connectivity index (χ4n) is 3.86. The summed E-state index contributed by atoms with van der Waals surface area (Å²) in [5.41, 5.74) is 2.68. The molecule has 134 valence electrons. The van der Waals surface area contributed by atoms with E-state index in [2.05, 4.69) is 12.1 Å². The van der Waals surface area contributed by atoms with E-state index in [1.165, 1.54) is 5.56 Å². The molecule has 1 amide bonds. The summed E-state index contributed by atoms with van der Waals surface area (Å²) in [5, 5.41) is 0. The normalized spacial score (nSPS) is 21.3. The van der Waals surface area contributed by atoms with Crippen LogP contribution in [0.5, 0.6) is 0 Å². The van der Waals surface area contributed by atoms with Gasteiger partial charge in [0.2, 0.25) is 0 Å². The van der Waals surface area contributed by atoms with Gasteiger partial charge in [0, 0.05) is 18.7 Å². The zero-order valence-corrected chi connectivity index (χ0v) is 15.3. The van der Waals surface area contributed by atoms with Crippen molar-refractivity contribution < 1.29 is 14.3 Å². The Bertz CT molecular complexity index is 679. The second-order valence-electron chi connectivity index (χ2n) is 8.07. The van der Waals surface area contributed by atoms with E-state index in [-0.39, 0.29) is 6.09 Å². The Labute approximate surface area is 149 Å². The molecule has 1 aliphatic carbocycles. The van der Waals surface area contributed by atoms with E-state index in [1.54, 1.807) is 0 Å². The highest BCUT2D eigenvalue weighted by molar-refractivity contribution is 6.08. The Hall–Kier alpha value is -2.10. The molecule has 2 aliphatic rings. The number of benzene rings is 1. The first-order valence-electron chi connectivity index (χ1n) is 9.10. The Morgan fingerprint density at radius 1 is 1.20 bits per heavy atom. The minimum Gasteiger partial charge on any atom is -0.444 e. The smallest absolute Gasteiger partial charge is 0.410 e. The number of aldehydes is 1. The molecular formula is C21H27NO3. The van der Waals surface area contributed by atoms with Crippen LogP contribution in [0.4, 0.5) is 4.79 Å². The number of carbonyl (C=O) groups is 2. The van der Waals surface area contributed by atoms with Crippen molar-refractivity contribution in [2.45, 2.75) is 45.6 Å². The van der Waals surface area contributed by atoms with Crippen molar-refractivity contribution in [1.82, 2.24) is 4.90 Å². The monoisotopic (exact) mass is 341 g/mol. The Balaban J connectivity index is 1.64. The maximum absolute atomic E-state index is 12.2. The SMILES string of the molecule is CC(C)(C)OC(=O)N1CCC(C2C=C(C=O)c3ccccc3C2)CC1. The molecule has 4 heteroatoms. The third kappa shape index (κ3) is 4.12. The van der Waals surface area contributed by atoms with Crippen LogP contribution < -0.4 is 0 Å². The van der Waals surface area contributed by atoms with Gasteiger partial charge in [0.05, 0.1) is 0 Å². The average molecular weight is 341 g/mol. The molecule has 1 saturated heterocycles. The molecule has 0 radical (unpaired) electrons. The summed E-state index contributed by atoms with van der Waals surface area (Å²) < 4.78 is 5.47. The first-order valence-corrected chi connectivity index (χ1v) is 9.10. The summed E-state index contributed by atoms with van der Waals surface area (Å²) >= 11 is 0. The van der Waals surface area contributed by atoms with Crippen LogP contribution in [-0.4, -0.2) is 36.0 Å². The first kappa shape index (κ1) is 17.7. The van der Waals surface area contributed by atoms with E-state index in [0.29, 0.717) is 11.8 Å². The maximum atomic E-state index is 12.2. The number of amides is 1. The van der Waals surface area contributed by atoms with Crippen molar-refractivity contribution in [3.05, 3.63) is 41.5 Å². The van der Waals surface area contributed by atoms with Crippen molar-refractivity contribution in [1.29, 1.82) is 0 Å². The fourth-order valence-corrected chi connectivity index (χ4v) is 3.86. The molecule has 0 saturated carbocycles. The third-order valence-electron chi connectivity index (χ3n) is 5.10. The van der Waals surface area contributed by atoms with Crippen LogP contribution in [0.2, 0.25) is 0 Å². The highest BCUT2D eigenvalue weighted by Crippen LogP contribution is 2.36. The lowest BCUT2D eigenvalue weighted by Crippen LogP contribution is -2.43. The van der Waals surface area contributed by atoms with Crippen LogP contribution in [0, 0.1) is 11.8 Å². The van der Waals surface area contributed by atoms with E-state index in [4.69, 9.17) is 4.74 Å². The van der Waals surface area contributed by atoms with E-state index >= 15 is 0 Å². The molecule has 0 aromatic heterocycles. The van der Waals surface area contributed by atoms with Crippen molar-refractivity contribution >= 4 is 18.0 Å². The second kappa shape index (κ2) is 7.03. The molecular weight excluding hydrogens is 314 g/mol. The predicted octanol–water partition coefficient (Wildman–Crippen LogP) is 4.09. The summed E-state index contributed by atoms with van der Waals surface area (Å²) in [6, 6.07) is 8.16. The molecule has 0 spiro atoms. The van der Waals surface area contributed by atoms with Gasteiger partial charge in [0.15, 0.2) is 0 Å². The van der Waals surface area contributed by atoms with Gasteiger partial charge in [-0.1, -0.05) is 30.3 Å². The van der Waals surface area contributed by atoms with Crippen molar-refractivity contribution in [3.8, 4) is 0 Å². The van der Waals surface area contributed by atoms with E-state index in [0.717, 1.165) is 49.8 Å².